The first-order valence-electron chi connectivity index (χ1n) is 8.08. The highest BCUT2D eigenvalue weighted by atomic mass is 16.3. The average Bonchev–Trinajstić information content (AvgIpc) is 3.21. The third-order valence-electron chi connectivity index (χ3n) is 4.08. The second kappa shape index (κ2) is 7.72. The van der Waals surface area contributed by atoms with E-state index in [0.717, 1.165) is 11.3 Å². The highest BCUT2D eigenvalue weighted by molar-refractivity contribution is 5.94. The minimum atomic E-state index is -0.584. The molecule has 0 fully saturated rings. The third kappa shape index (κ3) is 4.10. The van der Waals surface area contributed by atoms with Crippen LogP contribution in [0, 0.1) is 0 Å². The Morgan fingerprint density at radius 3 is 2.56 bits per heavy atom. The first kappa shape index (κ1) is 16.9. The zero-order valence-corrected chi connectivity index (χ0v) is 14.0. The molecule has 1 atom stereocenters. The normalized spacial score (nSPS) is 11.9. The second-order valence-electron chi connectivity index (χ2n) is 5.86. The largest absolute Gasteiger partial charge is 0.388 e. The van der Waals surface area contributed by atoms with Gasteiger partial charge in [0.05, 0.1) is 6.10 Å². The van der Waals surface area contributed by atoms with Gasteiger partial charge < -0.3 is 10.0 Å². The molecule has 128 valence electrons. The fourth-order valence-corrected chi connectivity index (χ4v) is 2.61. The van der Waals surface area contributed by atoms with Gasteiger partial charge in [0, 0.05) is 24.8 Å². The van der Waals surface area contributed by atoms with Crippen molar-refractivity contribution < 1.29 is 9.90 Å². The summed E-state index contributed by atoms with van der Waals surface area (Å²) in [6.07, 6.45) is 3.07. The molecule has 3 aromatic rings. The summed E-state index contributed by atoms with van der Waals surface area (Å²) < 4.78 is 1.75. The minimum Gasteiger partial charge on any atom is -0.388 e. The van der Waals surface area contributed by atoms with Gasteiger partial charge in [-0.3, -0.25) is 9.36 Å². The molecule has 0 aliphatic carbocycles. The molecule has 0 aliphatic heterocycles. The predicted molar refractivity (Wildman–Crippen MR) is 94.3 cm³/mol. The van der Waals surface area contributed by atoms with Crippen LogP contribution in [0.2, 0.25) is 0 Å². The van der Waals surface area contributed by atoms with Gasteiger partial charge in [0.15, 0.2) is 0 Å². The molecule has 6 heteroatoms. The van der Waals surface area contributed by atoms with E-state index in [2.05, 4.69) is 10.2 Å². The lowest BCUT2D eigenvalue weighted by Gasteiger charge is -2.20. The Hall–Kier alpha value is -2.99. The summed E-state index contributed by atoms with van der Waals surface area (Å²) in [5, 5.41) is 17.8. The Labute approximate surface area is 146 Å². The smallest absolute Gasteiger partial charge is 0.253 e. The highest BCUT2D eigenvalue weighted by Crippen LogP contribution is 2.17. The maximum Gasteiger partial charge on any atom is 0.253 e. The van der Waals surface area contributed by atoms with Crippen LogP contribution >= 0.6 is 0 Å². The maximum atomic E-state index is 12.6. The summed E-state index contributed by atoms with van der Waals surface area (Å²) in [5.41, 5.74) is 2.27. The lowest BCUT2D eigenvalue weighted by Crippen LogP contribution is -2.28. The predicted octanol–water partition coefficient (Wildman–Crippen LogP) is 2.46. The number of hydrogen-bond acceptors (Lipinski definition) is 4. The zero-order chi connectivity index (χ0) is 17.6. The summed E-state index contributed by atoms with van der Waals surface area (Å²) >= 11 is 0. The second-order valence-corrected chi connectivity index (χ2v) is 5.86. The van der Waals surface area contributed by atoms with Crippen molar-refractivity contribution in [3.8, 4) is 5.69 Å². The van der Waals surface area contributed by atoms with Crippen LogP contribution in [-0.4, -0.2) is 44.3 Å². The van der Waals surface area contributed by atoms with Gasteiger partial charge >= 0.3 is 0 Å². The lowest BCUT2D eigenvalue weighted by molar-refractivity contribution is 0.0761. The van der Waals surface area contributed by atoms with Crippen LogP contribution in [0.5, 0.6) is 0 Å². The van der Waals surface area contributed by atoms with Crippen LogP contribution in [0.3, 0.4) is 0 Å². The summed E-state index contributed by atoms with van der Waals surface area (Å²) in [5.74, 6) is -0.0878. The van der Waals surface area contributed by atoms with Crippen molar-refractivity contribution in [1.29, 1.82) is 0 Å². The molecule has 0 spiro atoms. The first-order chi connectivity index (χ1) is 12.1. The number of rotatable bonds is 6. The number of aromatic nitrogens is 3. The summed E-state index contributed by atoms with van der Waals surface area (Å²) in [7, 11) is 1.74. The van der Waals surface area contributed by atoms with Gasteiger partial charge in [0.2, 0.25) is 0 Å². The topological polar surface area (TPSA) is 71.2 Å². The molecule has 0 bridgehead atoms. The van der Waals surface area contributed by atoms with Gasteiger partial charge in [-0.1, -0.05) is 36.4 Å². The molecule has 6 nitrogen and oxygen atoms in total. The Morgan fingerprint density at radius 2 is 1.84 bits per heavy atom. The molecular weight excluding hydrogens is 316 g/mol. The number of carbonyl (C=O) groups is 1. The SMILES string of the molecule is CN(CC[C@@H](O)c1ccccc1)C(=O)c1cccc(-n2cnnc2)c1. The van der Waals surface area contributed by atoms with E-state index in [9.17, 15) is 9.90 Å². The van der Waals surface area contributed by atoms with E-state index in [0.29, 0.717) is 18.5 Å². The third-order valence-corrected chi connectivity index (χ3v) is 4.08. The monoisotopic (exact) mass is 336 g/mol. The Bertz CT molecular complexity index is 818. The van der Waals surface area contributed by atoms with E-state index in [4.69, 9.17) is 0 Å². The van der Waals surface area contributed by atoms with Gasteiger partial charge in [-0.15, -0.1) is 10.2 Å². The molecule has 1 aromatic heterocycles. The maximum absolute atomic E-state index is 12.6. The van der Waals surface area contributed by atoms with Crippen LogP contribution in [0.1, 0.15) is 28.4 Å². The average molecular weight is 336 g/mol. The van der Waals surface area contributed by atoms with Gasteiger partial charge in [-0.25, -0.2) is 0 Å². The molecule has 0 aliphatic rings. The number of aliphatic hydroxyl groups is 1. The van der Waals surface area contributed by atoms with Gasteiger partial charge in [-0.2, -0.15) is 0 Å². The lowest BCUT2D eigenvalue weighted by atomic mass is 10.1. The molecule has 0 unspecified atom stereocenters. The Balaban J connectivity index is 1.63. The zero-order valence-electron chi connectivity index (χ0n) is 14.0. The van der Waals surface area contributed by atoms with Crippen molar-refractivity contribution in [3.63, 3.8) is 0 Å². The molecule has 1 heterocycles. The first-order valence-corrected chi connectivity index (χ1v) is 8.08. The van der Waals surface area contributed by atoms with E-state index in [1.54, 1.807) is 41.3 Å². The van der Waals surface area contributed by atoms with Gasteiger partial charge in [0.1, 0.15) is 12.7 Å². The fourth-order valence-electron chi connectivity index (χ4n) is 2.61. The molecule has 1 N–H and O–H groups in total. The summed E-state index contributed by atoms with van der Waals surface area (Å²) in [6, 6.07) is 16.8. The van der Waals surface area contributed by atoms with E-state index in [1.807, 2.05) is 42.5 Å². The van der Waals surface area contributed by atoms with Crippen molar-refractivity contribution in [3.05, 3.63) is 78.4 Å². The summed E-state index contributed by atoms with van der Waals surface area (Å²) in [4.78, 5) is 14.2. The van der Waals surface area contributed by atoms with E-state index in [-0.39, 0.29) is 5.91 Å². The number of carbonyl (C=O) groups excluding carboxylic acids is 1. The fraction of sp³-hybridized carbons (Fsp3) is 0.211. The summed E-state index contributed by atoms with van der Waals surface area (Å²) in [6.45, 7) is 0.464. The molecule has 2 aromatic carbocycles. The van der Waals surface area contributed by atoms with E-state index >= 15 is 0 Å². The molecular formula is C19H20N4O2. The number of hydrogen-bond donors (Lipinski definition) is 1. The van der Waals surface area contributed by atoms with Crippen LogP contribution in [0.4, 0.5) is 0 Å². The molecule has 0 saturated carbocycles. The van der Waals surface area contributed by atoms with Gasteiger partial charge in [0.25, 0.3) is 5.91 Å². The van der Waals surface area contributed by atoms with Crippen LogP contribution in [0.25, 0.3) is 5.69 Å². The number of nitrogens with zero attached hydrogens (tertiary/aromatic N) is 4. The quantitative estimate of drug-likeness (QED) is 0.751. The molecule has 0 radical (unpaired) electrons. The number of amides is 1. The number of benzene rings is 2. The van der Waals surface area contributed by atoms with Gasteiger partial charge in [-0.05, 0) is 30.2 Å². The standard InChI is InChI=1S/C19H20N4O2/c1-22(11-10-18(24)15-6-3-2-4-7-15)19(25)16-8-5-9-17(12-16)23-13-20-21-14-23/h2-9,12-14,18,24H,10-11H2,1H3/t18-/m1/s1. The van der Waals surface area contributed by atoms with Crippen LogP contribution in [-0.2, 0) is 0 Å². The van der Waals surface area contributed by atoms with E-state index < -0.39 is 6.10 Å². The number of aliphatic hydroxyl groups excluding tert-OH is 1. The Kier molecular flexibility index (Phi) is 5.20. The van der Waals surface area contributed by atoms with Crippen molar-refractivity contribution in [2.24, 2.45) is 0 Å². The van der Waals surface area contributed by atoms with Crippen molar-refractivity contribution in [2.75, 3.05) is 13.6 Å². The molecule has 3 rings (SSSR count). The van der Waals surface area contributed by atoms with Crippen molar-refractivity contribution >= 4 is 5.91 Å². The molecule has 1 amide bonds. The van der Waals surface area contributed by atoms with Crippen LogP contribution < -0.4 is 0 Å². The Morgan fingerprint density at radius 1 is 1.12 bits per heavy atom. The van der Waals surface area contributed by atoms with Crippen LogP contribution in [0.15, 0.2) is 67.3 Å². The van der Waals surface area contributed by atoms with Crippen molar-refractivity contribution in [1.82, 2.24) is 19.7 Å². The minimum absolute atomic E-state index is 0.0878. The van der Waals surface area contributed by atoms with Crippen molar-refractivity contribution in [2.45, 2.75) is 12.5 Å². The van der Waals surface area contributed by atoms with E-state index in [1.165, 1.54) is 0 Å². The molecule has 0 saturated heterocycles. The highest BCUT2D eigenvalue weighted by Gasteiger charge is 2.15. The molecule has 25 heavy (non-hydrogen) atoms.